The number of ether oxygens (including phenoxy) is 1. The Morgan fingerprint density at radius 3 is 2.59 bits per heavy atom. The minimum absolute atomic E-state index is 0.148. The smallest absolute Gasteiger partial charge is 0.243 e. The zero-order chi connectivity index (χ0) is 20.6. The molecule has 0 aliphatic carbocycles. The van der Waals surface area contributed by atoms with Crippen LogP contribution in [0.2, 0.25) is 0 Å². The van der Waals surface area contributed by atoms with E-state index < -0.39 is 10.0 Å². The topological polar surface area (TPSA) is 93.0 Å². The predicted molar refractivity (Wildman–Crippen MR) is 111 cm³/mol. The molecule has 1 N–H and O–H groups in total. The van der Waals surface area contributed by atoms with Gasteiger partial charge in [-0.3, -0.25) is 9.20 Å². The Balaban J connectivity index is 1.41. The van der Waals surface area contributed by atoms with Crippen LogP contribution < -0.4 is 5.32 Å². The fourth-order valence-corrected chi connectivity index (χ4v) is 5.73. The molecule has 0 saturated carbocycles. The second-order valence-electron chi connectivity index (χ2n) is 7.15. The molecular formula is C19H22N4O4S2. The third kappa shape index (κ3) is 4.35. The molecule has 1 aliphatic heterocycles. The second kappa shape index (κ2) is 7.86. The first-order valence-corrected chi connectivity index (χ1v) is 11.6. The number of rotatable bonds is 5. The van der Waals surface area contributed by atoms with E-state index in [1.54, 1.807) is 12.1 Å². The SMILES string of the molecule is C[C@@H]1CN(S(=O)(=O)c2ccc(NC(=O)Cc3cn4ccsc4n3)cc2)C[C@H](C)O1. The highest BCUT2D eigenvalue weighted by atomic mass is 32.2. The molecule has 0 radical (unpaired) electrons. The summed E-state index contributed by atoms with van der Waals surface area (Å²) in [4.78, 5) is 17.7. The van der Waals surface area contributed by atoms with Gasteiger partial charge in [0.05, 0.1) is 29.2 Å². The van der Waals surface area contributed by atoms with Gasteiger partial charge in [0.15, 0.2) is 4.96 Å². The molecule has 3 heterocycles. The summed E-state index contributed by atoms with van der Waals surface area (Å²) in [6.07, 6.45) is 3.57. The lowest BCUT2D eigenvalue weighted by atomic mass is 10.3. The quantitative estimate of drug-likeness (QED) is 0.666. The van der Waals surface area contributed by atoms with Crippen molar-refractivity contribution in [2.45, 2.75) is 37.4 Å². The van der Waals surface area contributed by atoms with E-state index in [9.17, 15) is 13.2 Å². The summed E-state index contributed by atoms with van der Waals surface area (Å²) in [5, 5.41) is 4.72. The predicted octanol–water partition coefficient (Wildman–Crippen LogP) is 2.37. The summed E-state index contributed by atoms with van der Waals surface area (Å²) in [6.45, 7) is 4.38. The molecule has 1 aliphatic rings. The van der Waals surface area contributed by atoms with E-state index in [2.05, 4.69) is 10.3 Å². The van der Waals surface area contributed by atoms with Gasteiger partial charge in [0.2, 0.25) is 15.9 Å². The van der Waals surface area contributed by atoms with E-state index in [0.29, 0.717) is 24.5 Å². The lowest BCUT2D eigenvalue weighted by Gasteiger charge is -2.34. The zero-order valence-electron chi connectivity index (χ0n) is 16.1. The first-order valence-electron chi connectivity index (χ1n) is 9.28. The molecule has 1 fully saturated rings. The van der Waals surface area contributed by atoms with E-state index in [0.717, 1.165) is 4.96 Å². The Labute approximate surface area is 173 Å². The molecule has 1 amide bonds. The van der Waals surface area contributed by atoms with Crippen LogP contribution in [0.3, 0.4) is 0 Å². The van der Waals surface area contributed by atoms with Gasteiger partial charge < -0.3 is 10.1 Å². The first kappa shape index (κ1) is 20.0. The van der Waals surface area contributed by atoms with Crippen molar-refractivity contribution < 1.29 is 17.9 Å². The Kier molecular flexibility index (Phi) is 5.43. The molecule has 1 saturated heterocycles. The van der Waals surface area contributed by atoms with Gasteiger partial charge in [-0.2, -0.15) is 4.31 Å². The summed E-state index contributed by atoms with van der Waals surface area (Å²) < 4.78 is 34.7. The number of hydrogen-bond acceptors (Lipinski definition) is 6. The standard InChI is InChI=1S/C19H22N4O4S2/c1-13-10-23(11-14(2)27-13)29(25,26)17-5-3-15(4-6-17)20-18(24)9-16-12-22-7-8-28-19(22)21-16/h3-8,12-14H,9-11H2,1-2H3,(H,20,24)/t13-,14+. The zero-order valence-corrected chi connectivity index (χ0v) is 17.7. The largest absolute Gasteiger partial charge is 0.373 e. The molecule has 2 atom stereocenters. The number of aromatic nitrogens is 2. The maximum atomic E-state index is 12.9. The van der Waals surface area contributed by atoms with Gasteiger partial charge in [0, 0.05) is 36.6 Å². The molecule has 0 spiro atoms. The molecular weight excluding hydrogens is 412 g/mol. The van der Waals surface area contributed by atoms with Crippen LogP contribution in [0.4, 0.5) is 5.69 Å². The maximum absolute atomic E-state index is 12.9. The molecule has 3 aromatic rings. The molecule has 154 valence electrons. The van der Waals surface area contributed by atoms with Crippen molar-refractivity contribution in [2.75, 3.05) is 18.4 Å². The highest BCUT2D eigenvalue weighted by Crippen LogP contribution is 2.22. The van der Waals surface area contributed by atoms with Crippen LogP contribution in [-0.2, 0) is 26.0 Å². The van der Waals surface area contributed by atoms with Gasteiger partial charge >= 0.3 is 0 Å². The first-order chi connectivity index (χ1) is 13.8. The highest BCUT2D eigenvalue weighted by molar-refractivity contribution is 7.89. The van der Waals surface area contributed by atoms with Crippen LogP contribution in [0.1, 0.15) is 19.5 Å². The minimum Gasteiger partial charge on any atom is -0.373 e. The number of nitrogens with one attached hydrogen (secondary N) is 1. The van der Waals surface area contributed by atoms with E-state index in [4.69, 9.17) is 4.74 Å². The van der Waals surface area contributed by atoms with Crippen molar-refractivity contribution in [1.82, 2.24) is 13.7 Å². The molecule has 0 unspecified atom stereocenters. The van der Waals surface area contributed by atoms with Crippen LogP contribution in [0.15, 0.2) is 46.9 Å². The second-order valence-corrected chi connectivity index (χ2v) is 9.96. The number of amides is 1. The van der Waals surface area contributed by atoms with Crippen LogP contribution in [0, 0.1) is 0 Å². The van der Waals surface area contributed by atoms with Crippen LogP contribution in [0.25, 0.3) is 4.96 Å². The molecule has 2 aromatic heterocycles. The monoisotopic (exact) mass is 434 g/mol. The summed E-state index contributed by atoms with van der Waals surface area (Å²) in [5.41, 5.74) is 1.22. The van der Waals surface area contributed by atoms with Gasteiger partial charge in [-0.15, -0.1) is 11.3 Å². The summed E-state index contributed by atoms with van der Waals surface area (Å²) in [7, 11) is -3.60. The van der Waals surface area contributed by atoms with E-state index in [-0.39, 0.29) is 29.4 Å². The van der Waals surface area contributed by atoms with Crippen molar-refractivity contribution in [1.29, 1.82) is 0 Å². The minimum atomic E-state index is -3.60. The van der Waals surface area contributed by atoms with E-state index in [1.807, 2.05) is 36.0 Å². The fourth-order valence-electron chi connectivity index (χ4n) is 3.42. The van der Waals surface area contributed by atoms with Crippen molar-refractivity contribution in [3.05, 3.63) is 47.7 Å². The number of fused-ring (bicyclic) bond motifs is 1. The summed E-state index contributed by atoms with van der Waals surface area (Å²) in [6, 6.07) is 6.23. The van der Waals surface area contributed by atoms with Crippen molar-refractivity contribution in [3.8, 4) is 0 Å². The Hall–Kier alpha value is -2.27. The highest BCUT2D eigenvalue weighted by Gasteiger charge is 2.32. The van der Waals surface area contributed by atoms with Gasteiger partial charge in [-0.25, -0.2) is 13.4 Å². The number of morpholine rings is 1. The number of thiazole rings is 1. The van der Waals surface area contributed by atoms with Crippen LogP contribution in [0.5, 0.6) is 0 Å². The molecule has 8 nitrogen and oxygen atoms in total. The van der Waals surface area contributed by atoms with Crippen molar-refractivity contribution in [3.63, 3.8) is 0 Å². The van der Waals surface area contributed by atoms with Gasteiger partial charge in [0.25, 0.3) is 0 Å². The van der Waals surface area contributed by atoms with E-state index >= 15 is 0 Å². The third-order valence-corrected chi connectivity index (χ3v) is 7.26. The van der Waals surface area contributed by atoms with Gasteiger partial charge in [0.1, 0.15) is 0 Å². The molecule has 0 bridgehead atoms. The Morgan fingerprint density at radius 2 is 1.93 bits per heavy atom. The number of benzene rings is 1. The lowest BCUT2D eigenvalue weighted by molar-refractivity contribution is -0.115. The number of nitrogens with zero attached hydrogens (tertiary/aromatic N) is 3. The lowest BCUT2D eigenvalue weighted by Crippen LogP contribution is -2.48. The Bertz CT molecular complexity index is 1080. The number of hydrogen-bond donors (Lipinski definition) is 1. The molecule has 10 heteroatoms. The number of sulfonamides is 1. The van der Waals surface area contributed by atoms with Crippen LogP contribution >= 0.6 is 11.3 Å². The molecule has 29 heavy (non-hydrogen) atoms. The molecule has 1 aromatic carbocycles. The summed E-state index contributed by atoms with van der Waals surface area (Å²) in [5.74, 6) is -0.206. The van der Waals surface area contributed by atoms with Crippen molar-refractivity contribution in [2.24, 2.45) is 0 Å². The Morgan fingerprint density at radius 1 is 1.24 bits per heavy atom. The molecule has 4 rings (SSSR count). The summed E-state index contributed by atoms with van der Waals surface area (Å²) >= 11 is 1.51. The number of carbonyl (C=O) groups is 1. The van der Waals surface area contributed by atoms with E-state index in [1.165, 1.54) is 27.8 Å². The maximum Gasteiger partial charge on any atom is 0.243 e. The average Bonchev–Trinajstić information content (AvgIpc) is 3.22. The average molecular weight is 435 g/mol. The number of carbonyl (C=O) groups excluding carboxylic acids is 1. The number of imidazole rings is 1. The number of anilines is 1. The normalized spacial score (nSPS) is 20.8. The van der Waals surface area contributed by atoms with Gasteiger partial charge in [-0.1, -0.05) is 0 Å². The van der Waals surface area contributed by atoms with Crippen LogP contribution in [-0.4, -0.2) is 53.3 Å². The third-order valence-electron chi connectivity index (χ3n) is 4.65. The van der Waals surface area contributed by atoms with Gasteiger partial charge in [-0.05, 0) is 38.1 Å². The van der Waals surface area contributed by atoms with Crippen molar-refractivity contribution >= 4 is 37.9 Å². The fraction of sp³-hybridized carbons (Fsp3) is 0.368.